The zero-order valence-electron chi connectivity index (χ0n) is 13.2. The number of hydrogen-bond donors (Lipinski definition) is 3. The van der Waals surface area contributed by atoms with E-state index in [1.54, 1.807) is 0 Å². The van der Waals surface area contributed by atoms with E-state index in [0.717, 1.165) is 43.5 Å². The highest BCUT2D eigenvalue weighted by Crippen LogP contribution is 2.18. The molecule has 0 aliphatic carbocycles. The highest BCUT2D eigenvalue weighted by atomic mass is 32.2. The molecule has 1 aliphatic heterocycles. The minimum Gasteiger partial charge on any atom is -0.480 e. The molecule has 0 spiro atoms. The van der Waals surface area contributed by atoms with Crippen molar-refractivity contribution in [3.05, 3.63) is 12.2 Å². The Morgan fingerprint density at radius 1 is 1.36 bits per heavy atom. The molecule has 0 aromatic carbocycles. The fourth-order valence-corrected chi connectivity index (χ4v) is 2.97. The van der Waals surface area contributed by atoms with Crippen LogP contribution < -0.4 is 10.9 Å². The number of carbonyl (C=O) groups is 1. The summed E-state index contributed by atoms with van der Waals surface area (Å²) in [5, 5.41) is 13.6. The van der Waals surface area contributed by atoms with Crippen molar-refractivity contribution in [1.29, 1.82) is 0 Å². The number of unbranched alkanes of at least 4 members (excludes halogenated alkanes) is 3. The molecule has 0 saturated heterocycles. The number of aliphatic imine (C=N–C) groups is 1. The first-order valence-electron chi connectivity index (χ1n) is 8.19. The molecule has 0 amide bonds. The van der Waals surface area contributed by atoms with Crippen LogP contribution in [-0.4, -0.2) is 28.2 Å². The fourth-order valence-electron chi connectivity index (χ4n) is 2.63. The first kappa shape index (κ1) is 19.0. The Labute approximate surface area is 137 Å². The average Bonchev–Trinajstić information content (AvgIpc) is 2.69. The van der Waals surface area contributed by atoms with Gasteiger partial charge in [-0.15, -0.1) is 0 Å². The van der Waals surface area contributed by atoms with Crippen LogP contribution in [0.25, 0.3) is 0 Å². The molecule has 22 heavy (non-hydrogen) atoms. The molecule has 1 rings (SSSR count). The Kier molecular flexibility index (Phi) is 9.99. The number of carboxylic acid groups (broad SMARTS) is 1. The van der Waals surface area contributed by atoms with E-state index in [4.69, 9.17) is 16.0 Å². The number of aliphatic carboxylic acids is 1. The van der Waals surface area contributed by atoms with Gasteiger partial charge in [0.15, 0.2) is 0 Å². The van der Waals surface area contributed by atoms with E-state index in [9.17, 15) is 4.79 Å². The summed E-state index contributed by atoms with van der Waals surface area (Å²) in [6.07, 6.45) is 14.7. The van der Waals surface area contributed by atoms with Crippen LogP contribution in [0.15, 0.2) is 17.1 Å². The van der Waals surface area contributed by atoms with Crippen molar-refractivity contribution in [2.24, 2.45) is 15.9 Å². The predicted molar refractivity (Wildman–Crippen MR) is 93.9 cm³/mol. The van der Waals surface area contributed by atoms with E-state index in [2.05, 4.69) is 11.1 Å². The maximum absolute atomic E-state index is 10.8. The van der Waals surface area contributed by atoms with E-state index < -0.39 is 11.2 Å². The molecule has 126 valence electrons. The molecule has 1 heterocycles. The second-order valence-electron chi connectivity index (χ2n) is 5.83. The van der Waals surface area contributed by atoms with Crippen LogP contribution in [0.4, 0.5) is 0 Å². The van der Waals surface area contributed by atoms with Crippen LogP contribution in [0.3, 0.4) is 0 Å². The third-order valence-corrected chi connectivity index (χ3v) is 4.66. The smallest absolute Gasteiger partial charge is 0.318 e. The standard InChI is InChI=1S/C16H29N3O2S/c17-15-12-8-7-10-13(19-15)9-5-3-1-2-4-6-11-14(22-18)16(20)21/h4,6,13-14H,1-3,5,7-12,18H2,(H2,17,19)(H,20,21)/b6-4+. The van der Waals surface area contributed by atoms with E-state index >= 15 is 0 Å². The maximum atomic E-state index is 10.8. The minimum absolute atomic E-state index is 0.427. The van der Waals surface area contributed by atoms with Crippen molar-refractivity contribution >= 4 is 23.8 Å². The van der Waals surface area contributed by atoms with E-state index in [0.29, 0.717) is 12.5 Å². The van der Waals surface area contributed by atoms with Crippen LogP contribution in [0.5, 0.6) is 0 Å². The lowest BCUT2D eigenvalue weighted by molar-refractivity contribution is -0.136. The Balaban J connectivity index is 2.05. The van der Waals surface area contributed by atoms with Gasteiger partial charge < -0.3 is 10.8 Å². The van der Waals surface area contributed by atoms with Crippen LogP contribution in [-0.2, 0) is 4.79 Å². The highest BCUT2D eigenvalue weighted by Gasteiger charge is 2.14. The van der Waals surface area contributed by atoms with Gasteiger partial charge in [0, 0.05) is 6.42 Å². The molecule has 5 N–H and O–H groups in total. The van der Waals surface area contributed by atoms with Gasteiger partial charge in [-0.2, -0.15) is 0 Å². The van der Waals surface area contributed by atoms with E-state index in [1.165, 1.54) is 32.1 Å². The predicted octanol–water partition coefficient (Wildman–Crippen LogP) is 3.24. The molecule has 0 aromatic heterocycles. The molecule has 2 unspecified atom stereocenters. The molecule has 0 saturated carbocycles. The SMILES string of the molecule is NSC(C/C=C/CCCCCC1CCCCC(N)=N1)C(=O)O. The molecule has 1 aliphatic rings. The normalized spacial score (nSPS) is 20.6. The summed E-state index contributed by atoms with van der Waals surface area (Å²) in [5.41, 5.74) is 5.86. The average molecular weight is 327 g/mol. The third-order valence-electron chi connectivity index (χ3n) is 3.93. The summed E-state index contributed by atoms with van der Waals surface area (Å²) < 4.78 is 0. The van der Waals surface area contributed by atoms with Gasteiger partial charge in [-0.3, -0.25) is 14.9 Å². The lowest BCUT2D eigenvalue weighted by Gasteiger charge is -2.10. The number of nitrogens with zero attached hydrogens (tertiary/aromatic N) is 1. The molecule has 2 atom stereocenters. The van der Waals surface area contributed by atoms with E-state index in [1.807, 2.05) is 6.08 Å². The number of carboxylic acids is 1. The van der Waals surface area contributed by atoms with Crippen molar-refractivity contribution in [2.45, 2.75) is 75.5 Å². The number of nitrogens with two attached hydrogens (primary N) is 2. The number of amidine groups is 1. The topological polar surface area (TPSA) is 102 Å². The zero-order valence-corrected chi connectivity index (χ0v) is 14.1. The fraction of sp³-hybridized carbons (Fsp3) is 0.750. The van der Waals surface area contributed by atoms with E-state index in [-0.39, 0.29) is 0 Å². The molecule has 5 nitrogen and oxygen atoms in total. The first-order chi connectivity index (χ1) is 10.6. The number of rotatable bonds is 10. The Bertz CT molecular complexity index is 386. The van der Waals surface area contributed by atoms with Crippen molar-refractivity contribution in [3.8, 4) is 0 Å². The third kappa shape index (κ3) is 8.44. The van der Waals surface area contributed by atoms with Gasteiger partial charge in [0.1, 0.15) is 5.25 Å². The van der Waals surface area contributed by atoms with Gasteiger partial charge in [0.05, 0.1) is 11.9 Å². The van der Waals surface area contributed by atoms with Gasteiger partial charge in [-0.05, 0) is 38.5 Å². The second kappa shape index (κ2) is 11.5. The Morgan fingerprint density at radius 2 is 2.18 bits per heavy atom. The van der Waals surface area contributed by atoms with Crippen LogP contribution in [0.2, 0.25) is 0 Å². The van der Waals surface area contributed by atoms with Gasteiger partial charge >= 0.3 is 5.97 Å². The highest BCUT2D eigenvalue weighted by molar-refractivity contribution is 7.98. The maximum Gasteiger partial charge on any atom is 0.318 e. The largest absolute Gasteiger partial charge is 0.480 e. The number of allylic oxidation sites excluding steroid dienone is 2. The van der Waals surface area contributed by atoms with Gasteiger partial charge in [0.2, 0.25) is 0 Å². The van der Waals surface area contributed by atoms with Crippen molar-refractivity contribution in [3.63, 3.8) is 0 Å². The Morgan fingerprint density at radius 3 is 2.91 bits per heavy atom. The lowest BCUT2D eigenvalue weighted by atomic mass is 10.0. The quantitative estimate of drug-likeness (QED) is 0.325. The van der Waals surface area contributed by atoms with Crippen molar-refractivity contribution in [1.82, 2.24) is 0 Å². The molecule has 0 radical (unpaired) electrons. The van der Waals surface area contributed by atoms with Crippen LogP contribution in [0.1, 0.15) is 64.2 Å². The van der Waals surface area contributed by atoms with Crippen LogP contribution >= 0.6 is 11.9 Å². The first-order valence-corrected chi connectivity index (χ1v) is 9.13. The summed E-state index contributed by atoms with van der Waals surface area (Å²) in [6.45, 7) is 0. The summed E-state index contributed by atoms with van der Waals surface area (Å²) in [4.78, 5) is 15.4. The van der Waals surface area contributed by atoms with Crippen LogP contribution in [0, 0.1) is 0 Å². The molecule has 0 fully saturated rings. The minimum atomic E-state index is -0.847. The molecule has 0 bridgehead atoms. The van der Waals surface area contributed by atoms with Crippen molar-refractivity contribution in [2.75, 3.05) is 0 Å². The van der Waals surface area contributed by atoms with Gasteiger partial charge in [-0.1, -0.05) is 43.4 Å². The molecular weight excluding hydrogens is 298 g/mol. The second-order valence-corrected chi connectivity index (χ2v) is 6.67. The monoisotopic (exact) mass is 327 g/mol. The lowest BCUT2D eigenvalue weighted by Crippen LogP contribution is -2.17. The molecule has 0 aromatic rings. The summed E-state index contributed by atoms with van der Waals surface area (Å²) in [5.74, 6) is -0.0171. The Hall–Kier alpha value is -1.01. The molecule has 6 heteroatoms. The summed E-state index contributed by atoms with van der Waals surface area (Å²) >= 11 is 0.894. The molecular formula is C16H29N3O2S. The van der Waals surface area contributed by atoms with Gasteiger partial charge in [0.25, 0.3) is 0 Å². The number of hydrogen-bond acceptors (Lipinski definition) is 5. The van der Waals surface area contributed by atoms with Crippen molar-refractivity contribution < 1.29 is 9.90 Å². The summed E-state index contributed by atoms with van der Waals surface area (Å²) in [6, 6.07) is 0.427. The summed E-state index contributed by atoms with van der Waals surface area (Å²) in [7, 11) is 0. The zero-order chi connectivity index (χ0) is 16.2. The van der Waals surface area contributed by atoms with Gasteiger partial charge in [-0.25, -0.2) is 0 Å².